The van der Waals surface area contributed by atoms with Gasteiger partial charge >= 0.3 is 0 Å². The summed E-state index contributed by atoms with van der Waals surface area (Å²) in [5.74, 6) is 1.33. The van der Waals surface area contributed by atoms with Gasteiger partial charge < -0.3 is 18.9 Å². The number of amidine groups is 2. The molecule has 10 aromatic carbocycles. The van der Waals surface area contributed by atoms with E-state index in [1.807, 2.05) is 18.2 Å². The average Bonchev–Trinajstić information content (AvgIpc) is 4.09. The van der Waals surface area contributed by atoms with Crippen molar-refractivity contribution >= 4 is 77.2 Å². The summed E-state index contributed by atoms with van der Waals surface area (Å²) in [5.41, 5.74) is 15.8. The molecule has 0 radical (unpaired) electrons. The Morgan fingerprint density at radius 2 is 0.913 bits per heavy atom. The number of hydrogen-bond acceptors (Lipinski definition) is 4. The maximum absolute atomic E-state index is 6.61. The SMILES string of the molecule is c1ccc(-c2ccc(C3N=C(c4cccc5c4oc4ccccc45)N=C(c4ccccc4-n4c5ccccc5c5c(-c6cccc7c6c6ccccc6n7-c6ccccc6)cccc54)N3)cc2)cc1. The summed E-state index contributed by atoms with van der Waals surface area (Å²) in [7, 11) is 0. The van der Waals surface area contributed by atoms with E-state index in [0.29, 0.717) is 5.84 Å². The lowest BCUT2D eigenvalue weighted by atomic mass is 9.95. The van der Waals surface area contributed by atoms with E-state index in [1.165, 1.54) is 49.3 Å². The van der Waals surface area contributed by atoms with Gasteiger partial charge in [0.25, 0.3) is 0 Å². The number of furan rings is 1. The van der Waals surface area contributed by atoms with Crippen molar-refractivity contribution in [2.24, 2.45) is 9.98 Å². The van der Waals surface area contributed by atoms with Crippen LogP contribution in [0, 0.1) is 0 Å². The second-order valence-electron chi connectivity index (χ2n) is 17.7. The van der Waals surface area contributed by atoms with Gasteiger partial charge in [-0.3, -0.25) is 0 Å². The first-order chi connectivity index (χ1) is 34.2. The molecule has 1 unspecified atom stereocenters. The number of para-hydroxylation sites is 6. The highest BCUT2D eigenvalue weighted by molar-refractivity contribution is 6.23. The summed E-state index contributed by atoms with van der Waals surface area (Å²) in [6.07, 6.45) is -0.437. The number of hydrogen-bond donors (Lipinski definition) is 1. The number of rotatable bonds is 7. The zero-order valence-corrected chi connectivity index (χ0v) is 37.3. The molecule has 69 heavy (non-hydrogen) atoms. The van der Waals surface area contributed by atoms with Gasteiger partial charge in [0.15, 0.2) is 5.84 Å². The molecule has 0 saturated heterocycles. The van der Waals surface area contributed by atoms with Gasteiger partial charge in [-0.15, -0.1) is 0 Å². The molecule has 4 heterocycles. The third-order valence-corrected chi connectivity index (χ3v) is 13.8. The lowest BCUT2D eigenvalue weighted by Crippen LogP contribution is -2.34. The third kappa shape index (κ3) is 6.19. The Balaban J connectivity index is 0.967. The van der Waals surface area contributed by atoms with E-state index < -0.39 is 6.17 Å². The van der Waals surface area contributed by atoms with Crippen molar-refractivity contribution in [1.82, 2.24) is 14.5 Å². The number of aliphatic imine (C=N–C) groups is 2. The highest BCUT2D eigenvalue weighted by Gasteiger charge is 2.27. The van der Waals surface area contributed by atoms with Crippen molar-refractivity contribution in [3.63, 3.8) is 0 Å². The van der Waals surface area contributed by atoms with Crippen LogP contribution in [0.3, 0.4) is 0 Å². The van der Waals surface area contributed by atoms with Crippen molar-refractivity contribution in [2.45, 2.75) is 6.17 Å². The van der Waals surface area contributed by atoms with Crippen LogP contribution in [-0.4, -0.2) is 20.8 Å². The topological polar surface area (TPSA) is 59.8 Å². The normalized spacial score (nSPS) is 13.9. The molecule has 1 aliphatic rings. The molecule has 0 amide bonds. The highest BCUT2D eigenvalue weighted by atomic mass is 16.3. The van der Waals surface area contributed by atoms with Gasteiger partial charge in [-0.1, -0.05) is 176 Å². The maximum Gasteiger partial charge on any atom is 0.163 e. The average molecular weight is 884 g/mol. The molecule has 1 atom stereocenters. The van der Waals surface area contributed by atoms with E-state index in [-0.39, 0.29) is 0 Å². The van der Waals surface area contributed by atoms with Gasteiger partial charge in [0, 0.05) is 43.6 Å². The summed E-state index contributed by atoms with van der Waals surface area (Å²) >= 11 is 0. The fourth-order valence-corrected chi connectivity index (χ4v) is 10.8. The van der Waals surface area contributed by atoms with E-state index in [9.17, 15) is 0 Å². The van der Waals surface area contributed by atoms with Crippen LogP contribution in [0.4, 0.5) is 0 Å². The number of aromatic nitrogens is 2. The smallest absolute Gasteiger partial charge is 0.163 e. The third-order valence-electron chi connectivity index (χ3n) is 13.8. The first-order valence-corrected chi connectivity index (χ1v) is 23.4. The fraction of sp³-hybridized carbons (Fsp3) is 0.0159. The van der Waals surface area contributed by atoms with Gasteiger partial charge in [0.2, 0.25) is 0 Å². The summed E-state index contributed by atoms with van der Waals surface area (Å²) in [6.45, 7) is 0. The summed E-state index contributed by atoms with van der Waals surface area (Å²) in [6, 6.07) is 84.0. The molecule has 1 N–H and O–H groups in total. The van der Waals surface area contributed by atoms with Crippen LogP contribution in [0.1, 0.15) is 22.9 Å². The van der Waals surface area contributed by atoms with E-state index in [0.717, 1.165) is 72.4 Å². The first kappa shape index (κ1) is 39.0. The molecule has 14 rings (SSSR count). The molecule has 6 nitrogen and oxygen atoms in total. The Hall–Kier alpha value is -9.26. The van der Waals surface area contributed by atoms with Crippen LogP contribution in [-0.2, 0) is 0 Å². The summed E-state index contributed by atoms with van der Waals surface area (Å²) in [4.78, 5) is 10.8. The fourth-order valence-electron chi connectivity index (χ4n) is 10.8. The van der Waals surface area contributed by atoms with Gasteiger partial charge in [-0.05, 0) is 88.5 Å². The van der Waals surface area contributed by atoms with Crippen LogP contribution in [0.15, 0.2) is 251 Å². The lowest BCUT2D eigenvalue weighted by molar-refractivity contribution is 0.663. The van der Waals surface area contributed by atoms with Crippen LogP contribution >= 0.6 is 0 Å². The minimum Gasteiger partial charge on any atom is -0.455 e. The second kappa shape index (κ2) is 15.7. The number of nitrogens with zero attached hydrogens (tertiary/aromatic N) is 4. The minimum atomic E-state index is -0.437. The molecule has 3 aromatic heterocycles. The minimum absolute atomic E-state index is 0.437. The zero-order valence-electron chi connectivity index (χ0n) is 37.3. The van der Waals surface area contributed by atoms with Crippen LogP contribution < -0.4 is 5.32 Å². The lowest BCUT2D eigenvalue weighted by Gasteiger charge is -2.25. The summed E-state index contributed by atoms with van der Waals surface area (Å²) < 4.78 is 11.4. The maximum atomic E-state index is 6.61. The molecule has 0 aliphatic carbocycles. The molecular weight excluding hydrogens is 843 g/mol. The number of fused-ring (bicyclic) bond motifs is 9. The molecular formula is C63H41N5O. The Bertz CT molecular complexity index is 4210. The van der Waals surface area contributed by atoms with Gasteiger partial charge in [-0.25, -0.2) is 9.98 Å². The molecule has 0 fully saturated rings. The van der Waals surface area contributed by atoms with E-state index in [1.54, 1.807) is 0 Å². The van der Waals surface area contributed by atoms with E-state index >= 15 is 0 Å². The van der Waals surface area contributed by atoms with Crippen LogP contribution in [0.2, 0.25) is 0 Å². The summed E-state index contributed by atoms with van der Waals surface area (Å²) in [5, 5.41) is 10.7. The predicted octanol–water partition coefficient (Wildman–Crippen LogP) is 15.6. The van der Waals surface area contributed by atoms with Gasteiger partial charge in [-0.2, -0.15) is 0 Å². The Morgan fingerprint density at radius 1 is 0.391 bits per heavy atom. The Morgan fingerprint density at radius 3 is 1.65 bits per heavy atom. The quantitative estimate of drug-likeness (QED) is 0.173. The largest absolute Gasteiger partial charge is 0.455 e. The first-order valence-electron chi connectivity index (χ1n) is 23.4. The van der Waals surface area contributed by atoms with Crippen molar-refractivity contribution in [2.75, 3.05) is 0 Å². The molecule has 324 valence electrons. The number of benzene rings is 10. The molecule has 1 aliphatic heterocycles. The number of nitrogens with one attached hydrogen (secondary N) is 1. The van der Waals surface area contributed by atoms with Crippen molar-refractivity contribution in [1.29, 1.82) is 0 Å². The molecule has 0 bridgehead atoms. The Kier molecular flexibility index (Phi) is 8.86. The molecule has 0 saturated carbocycles. The predicted molar refractivity (Wildman–Crippen MR) is 285 cm³/mol. The standard InChI is InChI=1S/C63H41N5O/c1-3-18-40(19-4-1)41-36-38-42(39-37-41)61-64-62(66-63(65-61)51-29-15-28-47-44-22-10-14-35-57(44)69-60(47)51)50-25-9-13-32-54(50)68-53-31-12-8-24-49(53)59-46(27-17-34-56(59)68)45-26-16-33-55-58(45)48-23-7-11-30-52(48)67(55)43-20-5-2-6-21-43/h1-39,61H,(H,64,65,66). The Labute approximate surface area is 397 Å². The van der Waals surface area contributed by atoms with Crippen LogP contribution in [0.25, 0.3) is 99.2 Å². The van der Waals surface area contributed by atoms with Crippen LogP contribution in [0.5, 0.6) is 0 Å². The van der Waals surface area contributed by atoms with Crippen molar-refractivity contribution < 1.29 is 4.42 Å². The zero-order chi connectivity index (χ0) is 45.4. The van der Waals surface area contributed by atoms with Gasteiger partial charge in [0.1, 0.15) is 23.2 Å². The van der Waals surface area contributed by atoms with Crippen molar-refractivity contribution in [3.05, 3.63) is 253 Å². The molecule has 13 aromatic rings. The van der Waals surface area contributed by atoms with E-state index in [4.69, 9.17) is 14.4 Å². The van der Waals surface area contributed by atoms with Gasteiger partial charge in [0.05, 0.1) is 33.3 Å². The van der Waals surface area contributed by atoms with Crippen molar-refractivity contribution in [3.8, 4) is 33.6 Å². The highest BCUT2D eigenvalue weighted by Crippen LogP contribution is 2.44. The van der Waals surface area contributed by atoms with E-state index in [2.05, 4.69) is 233 Å². The molecule has 6 heteroatoms. The molecule has 0 spiro atoms. The second-order valence-corrected chi connectivity index (χ2v) is 17.7. The monoisotopic (exact) mass is 883 g/mol.